The van der Waals surface area contributed by atoms with Crippen molar-refractivity contribution in [2.75, 3.05) is 4.90 Å². The zero-order chi connectivity index (χ0) is 44.6. The minimum absolute atomic E-state index is 0.00106. The predicted octanol–water partition coefficient (Wildman–Crippen LogP) is 17.8. The van der Waals surface area contributed by atoms with Crippen LogP contribution in [0.3, 0.4) is 0 Å². The number of hydrogen-bond acceptors (Lipinski definition) is 2. The van der Waals surface area contributed by atoms with Gasteiger partial charge in [-0.05, 0) is 0 Å². The molecule has 0 atom stereocenters. The van der Waals surface area contributed by atoms with Crippen LogP contribution in [-0.2, 0) is 16.2 Å². The fourth-order valence-corrected chi connectivity index (χ4v) is 18.1. The zero-order valence-corrected chi connectivity index (χ0v) is 41.1. The van der Waals surface area contributed by atoms with Gasteiger partial charge in [-0.15, -0.1) is 0 Å². The monoisotopic (exact) mass is 956 g/mol. The van der Waals surface area contributed by atoms with Crippen molar-refractivity contribution >= 4 is 96.9 Å². The average molecular weight is 957 g/mol. The van der Waals surface area contributed by atoms with Gasteiger partial charge in [-0.1, -0.05) is 0 Å². The van der Waals surface area contributed by atoms with E-state index in [4.69, 9.17) is 4.42 Å². The second kappa shape index (κ2) is 13.0. The van der Waals surface area contributed by atoms with Crippen LogP contribution in [0.15, 0.2) is 144 Å². The van der Waals surface area contributed by atoms with Crippen LogP contribution in [0.25, 0.3) is 82.3 Å². The van der Waals surface area contributed by atoms with E-state index >= 15 is 0 Å². The molecule has 2 aliphatic heterocycles. The van der Waals surface area contributed by atoms with Crippen molar-refractivity contribution < 1.29 is 4.42 Å². The first-order chi connectivity index (χ1) is 31.0. The number of rotatable bonds is 3. The summed E-state index contributed by atoms with van der Waals surface area (Å²) in [6, 6.07) is 53.8. The molecule has 0 fully saturated rings. The summed E-state index contributed by atoms with van der Waals surface area (Å²) in [5.74, 6) is 0. The first kappa shape index (κ1) is 39.3. The Morgan fingerprint density at radius 2 is 1.09 bits per heavy atom. The van der Waals surface area contributed by atoms with Crippen LogP contribution in [0.2, 0.25) is 0 Å². The van der Waals surface area contributed by atoms with E-state index in [0.29, 0.717) is 0 Å². The molecule has 8 aromatic carbocycles. The SMILES string of the molecule is Cc1ccc2c(oc3ccccc32)c1N(c1ccccc1)c1ccc2c(c1)I1c3cc4c5cc(C(C)(C)C)cc6c7cc(C(C)(C)C)ccc7n(c4cc3-c3cc(C(C)(C)C)cc-2c31)c65. The summed E-state index contributed by atoms with van der Waals surface area (Å²) in [5, 5.41) is 7.76. The zero-order valence-electron chi connectivity index (χ0n) is 39.0. The molecule has 0 saturated heterocycles. The normalized spacial score (nSPS) is 14.2. The molecule has 320 valence electrons. The molecular formula is C61H53IN2O. The maximum absolute atomic E-state index is 6.80. The Kier molecular flexibility index (Phi) is 7.88. The van der Waals surface area contributed by atoms with Gasteiger partial charge in [-0.25, -0.2) is 0 Å². The van der Waals surface area contributed by atoms with Crippen molar-refractivity contribution in [3.8, 4) is 22.3 Å². The van der Waals surface area contributed by atoms with E-state index < -0.39 is 19.8 Å². The Balaban J connectivity index is 1.09. The summed E-state index contributed by atoms with van der Waals surface area (Å²) in [6.07, 6.45) is 0. The van der Waals surface area contributed by atoms with E-state index in [0.717, 1.165) is 33.3 Å². The number of halogens is 1. The summed E-state index contributed by atoms with van der Waals surface area (Å²) < 4.78 is 14.1. The molecule has 65 heavy (non-hydrogen) atoms. The van der Waals surface area contributed by atoms with Crippen LogP contribution in [0.1, 0.15) is 84.6 Å². The molecular weight excluding hydrogens is 904 g/mol. The molecule has 0 aliphatic carbocycles. The third-order valence-electron chi connectivity index (χ3n) is 14.5. The van der Waals surface area contributed by atoms with Crippen LogP contribution in [0, 0.1) is 17.6 Å². The van der Waals surface area contributed by atoms with E-state index in [1.807, 2.05) is 0 Å². The Morgan fingerprint density at radius 1 is 0.462 bits per heavy atom. The fourth-order valence-electron chi connectivity index (χ4n) is 10.9. The van der Waals surface area contributed by atoms with E-state index in [2.05, 4.69) is 218 Å². The number of furan rings is 1. The molecule has 0 unspecified atom stereocenters. The Labute approximate surface area is 388 Å². The third kappa shape index (κ3) is 5.47. The van der Waals surface area contributed by atoms with Crippen molar-refractivity contribution in [1.82, 2.24) is 4.40 Å². The molecule has 0 bridgehead atoms. The predicted molar refractivity (Wildman–Crippen MR) is 285 cm³/mol. The topological polar surface area (TPSA) is 20.8 Å². The van der Waals surface area contributed by atoms with Crippen LogP contribution in [-0.4, -0.2) is 4.40 Å². The molecule has 2 aliphatic rings. The molecule has 0 saturated carbocycles. The van der Waals surface area contributed by atoms with Crippen LogP contribution >= 0.6 is 19.8 Å². The summed E-state index contributed by atoms with van der Waals surface area (Å²) in [4.78, 5) is 2.46. The first-order valence-corrected chi connectivity index (χ1v) is 26.4. The number of nitrogens with zero attached hydrogens (tertiary/aromatic N) is 2. The Morgan fingerprint density at radius 3 is 1.82 bits per heavy atom. The molecule has 5 heterocycles. The van der Waals surface area contributed by atoms with Gasteiger partial charge in [0.1, 0.15) is 0 Å². The van der Waals surface area contributed by atoms with Gasteiger partial charge in [0.05, 0.1) is 0 Å². The van der Waals surface area contributed by atoms with Crippen molar-refractivity contribution in [2.24, 2.45) is 0 Å². The van der Waals surface area contributed by atoms with Crippen molar-refractivity contribution in [3.05, 3.63) is 172 Å². The van der Waals surface area contributed by atoms with Crippen molar-refractivity contribution in [3.63, 3.8) is 0 Å². The van der Waals surface area contributed by atoms with E-state index in [-0.39, 0.29) is 16.2 Å². The minimum atomic E-state index is -2.21. The summed E-state index contributed by atoms with van der Waals surface area (Å²) in [5.41, 5.74) is 20.3. The second-order valence-corrected chi connectivity index (χ2v) is 26.8. The number of fused-ring (bicyclic) bond motifs is 15. The number of aryl methyl sites for hydroxylation is 1. The quantitative estimate of drug-likeness (QED) is 0.165. The molecule has 0 N–H and O–H groups in total. The van der Waals surface area contributed by atoms with E-state index in [1.54, 1.807) is 7.14 Å². The molecule has 0 radical (unpaired) electrons. The third-order valence-corrected chi connectivity index (χ3v) is 20.8. The number of aromatic nitrogens is 1. The number of anilines is 3. The molecule has 11 aromatic rings. The molecule has 4 heteroatoms. The van der Waals surface area contributed by atoms with E-state index in [9.17, 15) is 0 Å². The second-order valence-electron chi connectivity index (χ2n) is 21.8. The van der Waals surface area contributed by atoms with Crippen LogP contribution in [0.5, 0.6) is 0 Å². The van der Waals surface area contributed by atoms with Gasteiger partial charge in [-0.2, -0.15) is 0 Å². The van der Waals surface area contributed by atoms with Gasteiger partial charge in [0.25, 0.3) is 0 Å². The van der Waals surface area contributed by atoms with Gasteiger partial charge in [0.15, 0.2) is 0 Å². The van der Waals surface area contributed by atoms with Gasteiger partial charge in [0, 0.05) is 0 Å². The van der Waals surface area contributed by atoms with Crippen LogP contribution in [0.4, 0.5) is 17.1 Å². The number of para-hydroxylation sites is 2. The van der Waals surface area contributed by atoms with Crippen molar-refractivity contribution in [1.29, 1.82) is 0 Å². The summed E-state index contributed by atoms with van der Waals surface area (Å²) in [7, 11) is 0. The molecule has 3 aromatic heterocycles. The molecule has 13 rings (SSSR count). The Bertz CT molecular complexity index is 3840. The van der Waals surface area contributed by atoms with Gasteiger partial charge in [0.2, 0.25) is 0 Å². The van der Waals surface area contributed by atoms with E-state index in [1.165, 1.54) is 91.9 Å². The fraction of sp³-hybridized carbons (Fsp3) is 0.213. The molecule has 0 spiro atoms. The maximum atomic E-state index is 6.80. The summed E-state index contributed by atoms with van der Waals surface area (Å²) >= 11 is -2.21. The van der Waals surface area contributed by atoms with Gasteiger partial charge >= 0.3 is 391 Å². The first-order valence-electron chi connectivity index (χ1n) is 23.2. The van der Waals surface area contributed by atoms with Gasteiger partial charge in [-0.3, -0.25) is 0 Å². The summed E-state index contributed by atoms with van der Waals surface area (Å²) in [6.45, 7) is 23.4. The molecule has 0 amide bonds. The number of benzene rings is 8. The molecule has 3 nitrogen and oxygen atoms in total. The Hall–Kier alpha value is -6.11. The van der Waals surface area contributed by atoms with Gasteiger partial charge < -0.3 is 0 Å². The number of hydrogen-bond donors (Lipinski definition) is 0. The van der Waals surface area contributed by atoms with Crippen molar-refractivity contribution in [2.45, 2.75) is 85.5 Å². The van der Waals surface area contributed by atoms with Crippen LogP contribution < -0.4 is 4.90 Å². The standard InChI is InChI=1S/C61H53IN2O/c1-34-20-23-42-41-18-14-15-19-54(41)65-58(42)56(34)63(38-16-12-11-13-17-38)39-22-24-40-46-27-36(60(5,6)7)28-47-43-33-53-45(32-51(43)62(55(46)47)50(40)31-39)49-30-37(61(8,9)10)29-48-44-26-35(59(2,3)4)21-25-52(44)64(53)57(48)49/h11-33H,1-10H3. The average Bonchev–Trinajstić information content (AvgIpc) is 4.06.